The second-order valence-corrected chi connectivity index (χ2v) is 7.50. The van der Waals surface area contributed by atoms with Crippen molar-refractivity contribution in [2.24, 2.45) is 0 Å². The number of pyridine rings is 1. The minimum absolute atomic E-state index is 0.107. The Kier molecular flexibility index (Phi) is 5.98. The van der Waals surface area contributed by atoms with Gasteiger partial charge in [-0.05, 0) is 44.0 Å². The van der Waals surface area contributed by atoms with Gasteiger partial charge in [0.2, 0.25) is 5.88 Å². The van der Waals surface area contributed by atoms with Gasteiger partial charge in [-0.1, -0.05) is 42.5 Å². The average molecular weight is 415 g/mol. The van der Waals surface area contributed by atoms with Crippen molar-refractivity contribution >= 4 is 10.9 Å². The van der Waals surface area contributed by atoms with Crippen molar-refractivity contribution in [3.63, 3.8) is 0 Å². The first-order valence-corrected chi connectivity index (χ1v) is 10.3. The SMILES string of the molecule is COc1ccccc1-c1nc2ccnc(OC(C)C)c2c(=O)n1CCc1ccccc1. The van der Waals surface area contributed by atoms with E-state index < -0.39 is 0 Å². The first kappa shape index (κ1) is 20.6. The maximum Gasteiger partial charge on any atom is 0.267 e. The zero-order chi connectivity index (χ0) is 21.8. The van der Waals surface area contributed by atoms with E-state index in [0.29, 0.717) is 41.3 Å². The van der Waals surface area contributed by atoms with E-state index in [0.717, 1.165) is 11.1 Å². The molecule has 2 aromatic carbocycles. The molecular formula is C25H25N3O3. The standard InChI is InChI=1S/C25H25N3O3/c1-17(2)31-24-22-20(13-15-26-24)27-23(19-11-7-8-12-21(19)30-3)28(25(22)29)16-14-18-9-5-4-6-10-18/h4-13,15,17H,14,16H2,1-3H3. The van der Waals surface area contributed by atoms with Gasteiger partial charge < -0.3 is 9.47 Å². The van der Waals surface area contributed by atoms with Gasteiger partial charge in [0.25, 0.3) is 5.56 Å². The van der Waals surface area contributed by atoms with E-state index in [1.807, 2.05) is 56.3 Å². The monoisotopic (exact) mass is 415 g/mol. The molecule has 0 radical (unpaired) electrons. The van der Waals surface area contributed by atoms with Crippen LogP contribution in [0.3, 0.4) is 0 Å². The highest BCUT2D eigenvalue weighted by molar-refractivity contribution is 5.84. The second kappa shape index (κ2) is 9.00. The fraction of sp³-hybridized carbons (Fsp3) is 0.240. The van der Waals surface area contributed by atoms with Crippen LogP contribution in [0.4, 0.5) is 0 Å². The van der Waals surface area contributed by atoms with Gasteiger partial charge in [0.15, 0.2) is 0 Å². The van der Waals surface area contributed by atoms with Gasteiger partial charge in [-0.3, -0.25) is 9.36 Å². The van der Waals surface area contributed by atoms with Gasteiger partial charge in [0.05, 0.1) is 24.3 Å². The smallest absolute Gasteiger partial charge is 0.267 e. The van der Waals surface area contributed by atoms with E-state index in [4.69, 9.17) is 14.5 Å². The Balaban J connectivity index is 1.93. The molecular weight excluding hydrogens is 390 g/mol. The third kappa shape index (κ3) is 4.28. The number of rotatable bonds is 7. The molecule has 2 heterocycles. The number of hydrogen-bond donors (Lipinski definition) is 0. The highest BCUT2D eigenvalue weighted by atomic mass is 16.5. The lowest BCUT2D eigenvalue weighted by molar-refractivity contribution is 0.235. The number of methoxy groups -OCH3 is 1. The van der Waals surface area contributed by atoms with Crippen molar-refractivity contribution in [3.05, 3.63) is 82.8 Å². The van der Waals surface area contributed by atoms with Gasteiger partial charge >= 0.3 is 0 Å². The second-order valence-electron chi connectivity index (χ2n) is 7.50. The largest absolute Gasteiger partial charge is 0.496 e. The summed E-state index contributed by atoms with van der Waals surface area (Å²) in [6.45, 7) is 4.28. The molecule has 2 aromatic heterocycles. The van der Waals surface area contributed by atoms with Crippen LogP contribution in [0.1, 0.15) is 19.4 Å². The van der Waals surface area contributed by atoms with Crippen LogP contribution in [-0.4, -0.2) is 27.7 Å². The fourth-order valence-electron chi connectivity index (χ4n) is 3.57. The summed E-state index contributed by atoms with van der Waals surface area (Å²) in [5.41, 5.74) is 2.28. The number of ether oxygens (including phenoxy) is 2. The van der Waals surface area contributed by atoms with Gasteiger partial charge in [-0.2, -0.15) is 0 Å². The summed E-state index contributed by atoms with van der Waals surface area (Å²) >= 11 is 0. The lowest BCUT2D eigenvalue weighted by Gasteiger charge is -2.17. The predicted molar refractivity (Wildman–Crippen MR) is 122 cm³/mol. The molecule has 31 heavy (non-hydrogen) atoms. The summed E-state index contributed by atoms with van der Waals surface area (Å²) in [4.78, 5) is 22.9. The van der Waals surface area contributed by atoms with E-state index in [1.54, 1.807) is 23.9 Å². The number of hydrogen-bond acceptors (Lipinski definition) is 5. The third-order valence-electron chi connectivity index (χ3n) is 5.00. The Hall–Kier alpha value is -3.67. The molecule has 0 amide bonds. The molecule has 0 aliphatic rings. The Morgan fingerprint density at radius 3 is 2.48 bits per heavy atom. The van der Waals surface area contributed by atoms with E-state index in [1.165, 1.54) is 0 Å². The normalized spacial score (nSPS) is 11.1. The van der Waals surface area contributed by atoms with Crippen LogP contribution in [0.15, 0.2) is 71.7 Å². The Morgan fingerprint density at radius 2 is 1.74 bits per heavy atom. The lowest BCUT2D eigenvalue weighted by Crippen LogP contribution is -2.26. The summed E-state index contributed by atoms with van der Waals surface area (Å²) in [5, 5.41) is 0.392. The first-order chi connectivity index (χ1) is 15.1. The van der Waals surface area contributed by atoms with Gasteiger partial charge in [-0.15, -0.1) is 0 Å². The van der Waals surface area contributed by atoms with Gasteiger partial charge in [-0.25, -0.2) is 9.97 Å². The molecule has 4 aromatic rings. The highest BCUT2D eigenvalue weighted by Gasteiger charge is 2.19. The molecule has 0 atom stereocenters. The molecule has 158 valence electrons. The summed E-state index contributed by atoms with van der Waals surface area (Å²) in [7, 11) is 1.62. The Bertz CT molecular complexity index is 1250. The molecule has 0 unspecified atom stereocenters. The zero-order valence-electron chi connectivity index (χ0n) is 17.9. The molecule has 0 aliphatic heterocycles. The van der Waals surface area contributed by atoms with E-state index >= 15 is 0 Å². The molecule has 0 aliphatic carbocycles. The van der Waals surface area contributed by atoms with Crippen molar-refractivity contribution < 1.29 is 9.47 Å². The molecule has 0 bridgehead atoms. The predicted octanol–water partition coefficient (Wildman–Crippen LogP) is 4.50. The number of nitrogens with zero attached hydrogens (tertiary/aromatic N) is 3. The van der Waals surface area contributed by atoms with Crippen LogP contribution in [0, 0.1) is 0 Å². The fourth-order valence-corrected chi connectivity index (χ4v) is 3.57. The molecule has 4 rings (SSSR count). The summed E-state index contributed by atoms with van der Waals surface area (Å²) in [6, 6.07) is 19.4. The third-order valence-corrected chi connectivity index (χ3v) is 5.00. The molecule has 0 saturated heterocycles. The van der Waals surface area contributed by atoms with Crippen molar-refractivity contribution in [1.29, 1.82) is 0 Å². The topological polar surface area (TPSA) is 66.2 Å². The van der Waals surface area contributed by atoms with Crippen LogP contribution >= 0.6 is 0 Å². The number of aromatic nitrogens is 3. The van der Waals surface area contributed by atoms with E-state index in [-0.39, 0.29) is 11.7 Å². The molecule has 6 nitrogen and oxygen atoms in total. The van der Waals surface area contributed by atoms with Crippen LogP contribution in [-0.2, 0) is 13.0 Å². The van der Waals surface area contributed by atoms with Crippen LogP contribution in [0.25, 0.3) is 22.3 Å². The van der Waals surface area contributed by atoms with Crippen LogP contribution in [0.2, 0.25) is 0 Å². The van der Waals surface area contributed by atoms with Crippen molar-refractivity contribution in [2.75, 3.05) is 7.11 Å². The summed E-state index contributed by atoms with van der Waals surface area (Å²) in [5.74, 6) is 1.53. The minimum atomic E-state index is -0.175. The van der Waals surface area contributed by atoms with Crippen molar-refractivity contribution in [2.45, 2.75) is 32.9 Å². The van der Waals surface area contributed by atoms with Gasteiger partial charge in [0.1, 0.15) is 17.0 Å². The maximum atomic E-state index is 13.7. The molecule has 0 spiro atoms. The number of para-hydroxylation sites is 1. The number of fused-ring (bicyclic) bond motifs is 1. The lowest BCUT2D eigenvalue weighted by atomic mass is 10.1. The molecule has 6 heteroatoms. The molecule has 0 saturated carbocycles. The van der Waals surface area contributed by atoms with E-state index in [9.17, 15) is 4.79 Å². The first-order valence-electron chi connectivity index (χ1n) is 10.3. The zero-order valence-corrected chi connectivity index (χ0v) is 17.9. The summed E-state index contributed by atoms with van der Waals surface area (Å²) in [6.07, 6.45) is 2.20. The summed E-state index contributed by atoms with van der Waals surface area (Å²) < 4.78 is 13.1. The van der Waals surface area contributed by atoms with E-state index in [2.05, 4.69) is 17.1 Å². The maximum absolute atomic E-state index is 13.7. The Morgan fingerprint density at radius 1 is 1.00 bits per heavy atom. The molecule has 0 N–H and O–H groups in total. The van der Waals surface area contributed by atoms with Crippen LogP contribution < -0.4 is 15.0 Å². The van der Waals surface area contributed by atoms with Crippen molar-refractivity contribution in [1.82, 2.24) is 14.5 Å². The average Bonchev–Trinajstić information content (AvgIpc) is 2.78. The Labute approximate surface area is 181 Å². The van der Waals surface area contributed by atoms with Gasteiger partial charge in [0, 0.05) is 12.7 Å². The quantitative estimate of drug-likeness (QED) is 0.445. The molecule has 0 fully saturated rings. The van der Waals surface area contributed by atoms with Crippen molar-refractivity contribution in [3.8, 4) is 23.0 Å². The van der Waals surface area contributed by atoms with Crippen LogP contribution in [0.5, 0.6) is 11.6 Å². The number of benzene rings is 2. The highest BCUT2D eigenvalue weighted by Crippen LogP contribution is 2.30. The minimum Gasteiger partial charge on any atom is -0.496 e. The number of aryl methyl sites for hydroxylation is 1.